The molecule has 0 amide bonds. The highest BCUT2D eigenvalue weighted by atomic mass is 19.4. The van der Waals surface area contributed by atoms with E-state index in [0.29, 0.717) is 16.8 Å². The topological polar surface area (TPSA) is 12.0 Å². The lowest BCUT2D eigenvalue weighted by atomic mass is 9.99. The Balaban J connectivity index is 2.00. The summed E-state index contributed by atoms with van der Waals surface area (Å²) in [6.07, 6.45) is -8.36. The van der Waals surface area contributed by atoms with Crippen LogP contribution in [0.5, 0.6) is 0 Å². The molecule has 136 valence electrons. The fraction of sp³-hybridized carbons (Fsp3) is 0.273. The molecule has 0 radical (unpaired) electrons. The van der Waals surface area contributed by atoms with Gasteiger partial charge in [0.1, 0.15) is 0 Å². The minimum atomic E-state index is -4.71. The average molecular weight is 365 g/mol. The Hall–Kier alpha value is -2.33. The fourth-order valence-electron chi connectivity index (χ4n) is 2.60. The SMILES string of the molecule is [2H]C([2H])(CC([2H])([2H])c1cccc(C(F)(F)F)c1)NC([2H])(c1cccc2ccccc12)C([2H])([2H])[2H]. The van der Waals surface area contributed by atoms with Crippen LogP contribution >= 0.6 is 0 Å². The number of nitrogens with one attached hydrogen (secondary N) is 1. The van der Waals surface area contributed by atoms with Gasteiger partial charge in [-0.3, -0.25) is 0 Å². The van der Waals surface area contributed by atoms with Gasteiger partial charge >= 0.3 is 6.18 Å². The van der Waals surface area contributed by atoms with Gasteiger partial charge in [0.15, 0.2) is 0 Å². The monoisotopic (exact) mass is 365 g/mol. The molecule has 3 aromatic carbocycles. The smallest absolute Gasteiger partial charge is 0.310 e. The van der Waals surface area contributed by atoms with Crippen molar-refractivity contribution in [2.24, 2.45) is 0 Å². The molecule has 0 bridgehead atoms. The molecular weight excluding hydrogens is 335 g/mol. The van der Waals surface area contributed by atoms with Gasteiger partial charge in [0, 0.05) is 15.6 Å². The summed E-state index contributed by atoms with van der Waals surface area (Å²) >= 11 is 0. The number of benzene rings is 3. The van der Waals surface area contributed by atoms with E-state index in [4.69, 9.17) is 11.0 Å². The van der Waals surface area contributed by atoms with Crippen LogP contribution < -0.4 is 5.32 Å². The van der Waals surface area contributed by atoms with E-state index < -0.39 is 49.5 Å². The first kappa shape index (κ1) is 10.7. The van der Waals surface area contributed by atoms with E-state index >= 15 is 0 Å². The Morgan fingerprint density at radius 2 is 1.85 bits per heavy atom. The molecule has 3 aromatic rings. The number of alkyl halides is 3. The standard InChI is InChI=1S/C22H22F3N/c1-16(20-13-5-10-18-9-2-3-12-21(18)20)26-14-6-8-17-7-4-11-19(15-17)22(23,24)25/h2-5,7,9-13,15-16,26H,6,8,14H2,1H3/i1D3,8D2,14D2,16D. The fourth-order valence-corrected chi connectivity index (χ4v) is 2.60. The number of aryl methyl sites for hydroxylation is 1. The van der Waals surface area contributed by atoms with Crippen molar-refractivity contribution in [1.82, 2.24) is 5.32 Å². The number of hydrogen-bond donors (Lipinski definition) is 1. The lowest BCUT2D eigenvalue weighted by Gasteiger charge is -2.17. The van der Waals surface area contributed by atoms with Gasteiger partial charge in [-0.2, -0.15) is 13.2 Å². The van der Waals surface area contributed by atoms with Crippen LogP contribution in [0.4, 0.5) is 13.2 Å². The number of halogens is 3. The van der Waals surface area contributed by atoms with E-state index in [2.05, 4.69) is 5.32 Å². The second-order valence-corrected chi connectivity index (χ2v) is 5.64. The Labute approximate surface area is 163 Å². The minimum absolute atomic E-state index is 0.0332. The molecule has 0 saturated carbocycles. The lowest BCUT2D eigenvalue weighted by molar-refractivity contribution is -0.137. The van der Waals surface area contributed by atoms with Gasteiger partial charge in [0.05, 0.1) is 6.93 Å². The van der Waals surface area contributed by atoms with Crippen LogP contribution in [0.25, 0.3) is 10.8 Å². The number of hydrogen-bond acceptors (Lipinski definition) is 1. The molecule has 1 atom stereocenters. The quantitative estimate of drug-likeness (QED) is 0.553. The second-order valence-electron chi connectivity index (χ2n) is 5.64. The van der Waals surface area contributed by atoms with Gasteiger partial charge in [0.25, 0.3) is 0 Å². The Morgan fingerprint density at radius 3 is 2.65 bits per heavy atom. The lowest BCUT2D eigenvalue weighted by Crippen LogP contribution is -2.20. The first-order chi connectivity index (χ1) is 15.5. The van der Waals surface area contributed by atoms with E-state index in [1.54, 1.807) is 30.3 Å². The third-order valence-corrected chi connectivity index (χ3v) is 3.84. The van der Waals surface area contributed by atoms with Crippen molar-refractivity contribution in [2.45, 2.75) is 31.8 Å². The van der Waals surface area contributed by atoms with Crippen LogP contribution in [-0.4, -0.2) is 6.50 Å². The van der Waals surface area contributed by atoms with Crippen molar-refractivity contribution in [2.75, 3.05) is 6.50 Å². The zero-order chi connectivity index (χ0) is 25.6. The zero-order valence-corrected chi connectivity index (χ0v) is 13.7. The summed E-state index contributed by atoms with van der Waals surface area (Å²) in [6.45, 7) is -5.86. The highest BCUT2D eigenvalue weighted by Crippen LogP contribution is 2.29. The predicted octanol–water partition coefficient (Wildman–Crippen LogP) is 6.14. The zero-order valence-electron chi connectivity index (χ0n) is 21.7. The van der Waals surface area contributed by atoms with Crippen molar-refractivity contribution in [3.63, 3.8) is 0 Å². The molecule has 1 nitrogen and oxygen atoms in total. The van der Waals surface area contributed by atoms with Crippen LogP contribution in [0.2, 0.25) is 0 Å². The van der Waals surface area contributed by atoms with Crippen molar-refractivity contribution in [3.05, 3.63) is 83.4 Å². The van der Waals surface area contributed by atoms with Crippen molar-refractivity contribution in [1.29, 1.82) is 0 Å². The van der Waals surface area contributed by atoms with Gasteiger partial charge in [-0.1, -0.05) is 60.7 Å². The maximum Gasteiger partial charge on any atom is 0.416 e. The second kappa shape index (κ2) is 7.92. The summed E-state index contributed by atoms with van der Waals surface area (Å²) in [5.74, 6) is 0. The van der Waals surface area contributed by atoms with E-state index in [-0.39, 0.29) is 5.56 Å². The summed E-state index contributed by atoms with van der Waals surface area (Å²) in [4.78, 5) is 0. The van der Waals surface area contributed by atoms with Gasteiger partial charge in [-0.05, 0) is 54.1 Å². The first-order valence-electron chi connectivity index (χ1n) is 11.9. The molecule has 3 rings (SSSR count). The molecule has 0 aliphatic rings. The summed E-state index contributed by atoms with van der Waals surface area (Å²) in [7, 11) is 0. The van der Waals surface area contributed by atoms with Crippen LogP contribution in [0.3, 0.4) is 0 Å². The highest BCUT2D eigenvalue weighted by Gasteiger charge is 2.30. The number of fused-ring (bicyclic) bond motifs is 1. The molecule has 1 unspecified atom stereocenters. The van der Waals surface area contributed by atoms with Crippen LogP contribution in [-0.2, 0) is 12.5 Å². The van der Waals surface area contributed by atoms with Gasteiger partial charge in [-0.25, -0.2) is 0 Å². The van der Waals surface area contributed by atoms with Gasteiger partial charge in [0.2, 0.25) is 0 Å². The Kier molecular flexibility index (Phi) is 3.27. The maximum absolute atomic E-state index is 13.1. The molecule has 4 heteroatoms. The van der Waals surface area contributed by atoms with Gasteiger partial charge < -0.3 is 5.32 Å². The molecule has 26 heavy (non-hydrogen) atoms. The van der Waals surface area contributed by atoms with Gasteiger partial charge in [-0.15, -0.1) is 0 Å². The molecule has 0 heterocycles. The first-order valence-corrected chi connectivity index (χ1v) is 7.92. The largest absolute Gasteiger partial charge is 0.416 e. The van der Waals surface area contributed by atoms with Crippen LogP contribution in [0, 0.1) is 0 Å². The highest BCUT2D eigenvalue weighted by molar-refractivity contribution is 5.86. The maximum atomic E-state index is 13.1. The molecule has 0 aliphatic carbocycles. The summed E-state index contributed by atoms with van der Waals surface area (Å²) in [6, 6.07) is 12.1. The summed E-state index contributed by atoms with van der Waals surface area (Å²) in [5.41, 5.74) is -1.53. The molecular formula is C22H22F3N. The molecule has 0 aliphatic heterocycles. The summed E-state index contributed by atoms with van der Waals surface area (Å²) < 4.78 is 105. The molecule has 1 N–H and O–H groups in total. The van der Waals surface area contributed by atoms with Crippen molar-refractivity contribution in [3.8, 4) is 0 Å². The molecule has 0 fully saturated rings. The number of rotatable bonds is 6. The van der Waals surface area contributed by atoms with E-state index in [9.17, 15) is 13.2 Å². The van der Waals surface area contributed by atoms with Crippen molar-refractivity contribution >= 4 is 10.8 Å². The Bertz CT molecular complexity index is 1170. The van der Waals surface area contributed by atoms with E-state index in [1.165, 1.54) is 12.1 Å². The van der Waals surface area contributed by atoms with Crippen LogP contribution in [0.15, 0.2) is 66.7 Å². The normalized spacial score (nSPS) is 20.4. The molecule has 0 saturated heterocycles. The Morgan fingerprint density at radius 1 is 1.08 bits per heavy atom. The average Bonchev–Trinajstić information content (AvgIpc) is 2.70. The molecule has 0 aromatic heterocycles. The third-order valence-electron chi connectivity index (χ3n) is 3.84. The molecule has 0 spiro atoms. The minimum Gasteiger partial charge on any atom is -0.310 e. The van der Waals surface area contributed by atoms with Crippen molar-refractivity contribution < 1.29 is 24.1 Å². The van der Waals surface area contributed by atoms with E-state index in [0.717, 1.165) is 18.2 Å². The van der Waals surface area contributed by atoms with Crippen LogP contribution in [0.1, 0.15) is 46.9 Å². The predicted molar refractivity (Wildman–Crippen MR) is 100 cm³/mol. The van der Waals surface area contributed by atoms with E-state index in [1.807, 2.05) is 0 Å². The third kappa shape index (κ3) is 4.44. The summed E-state index contributed by atoms with van der Waals surface area (Å²) in [5, 5.41) is 3.19.